The van der Waals surface area contributed by atoms with Crippen LogP contribution < -0.4 is 0 Å². The second-order valence-electron chi connectivity index (χ2n) is 5.70. The molecule has 2 nitrogen and oxygen atoms in total. The highest BCUT2D eigenvalue weighted by Crippen LogP contribution is 2.17. The molecule has 0 aliphatic carbocycles. The van der Waals surface area contributed by atoms with Crippen molar-refractivity contribution in [2.75, 3.05) is 20.1 Å². The van der Waals surface area contributed by atoms with Gasteiger partial charge in [0.1, 0.15) is 0 Å². The highest BCUT2D eigenvalue weighted by Gasteiger charge is 2.09. The fourth-order valence-corrected chi connectivity index (χ4v) is 1.89. The average Bonchev–Trinajstić information content (AvgIpc) is 2.34. The standard InChI is InChI=1S/C16H27NO/c1-13(2)9-11-17(4)12-10-16(18)15-7-5-14(3)6-8-15/h5-8,13,16,18H,9-12H2,1-4H3. The molecule has 1 N–H and O–H groups in total. The number of hydrogen-bond acceptors (Lipinski definition) is 2. The Bertz CT molecular complexity index is 331. The van der Waals surface area contributed by atoms with E-state index in [1.54, 1.807) is 0 Å². The first kappa shape index (κ1) is 15.2. The van der Waals surface area contributed by atoms with E-state index in [0.29, 0.717) is 0 Å². The topological polar surface area (TPSA) is 23.5 Å². The van der Waals surface area contributed by atoms with Gasteiger partial charge in [-0.2, -0.15) is 0 Å². The third kappa shape index (κ3) is 5.65. The Labute approximate surface area is 112 Å². The third-order valence-corrected chi connectivity index (χ3v) is 3.33. The van der Waals surface area contributed by atoms with E-state index in [-0.39, 0.29) is 6.10 Å². The predicted molar refractivity (Wildman–Crippen MR) is 77.7 cm³/mol. The molecule has 0 amide bonds. The molecule has 1 rings (SSSR count). The zero-order valence-electron chi connectivity index (χ0n) is 12.2. The summed E-state index contributed by atoms with van der Waals surface area (Å²) in [6.07, 6.45) is 1.68. The van der Waals surface area contributed by atoms with Crippen LogP contribution in [0.25, 0.3) is 0 Å². The van der Waals surface area contributed by atoms with E-state index in [9.17, 15) is 5.11 Å². The van der Waals surface area contributed by atoms with Crippen LogP contribution in [-0.2, 0) is 0 Å². The first-order valence-corrected chi connectivity index (χ1v) is 6.92. The van der Waals surface area contributed by atoms with E-state index in [1.807, 2.05) is 12.1 Å². The molecule has 102 valence electrons. The Morgan fingerprint density at radius 1 is 1.06 bits per heavy atom. The Morgan fingerprint density at radius 3 is 2.17 bits per heavy atom. The number of nitrogens with zero attached hydrogens (tertiary/aromatic N) is 1. The van der Waals surface area contributed by atoms with Crippen LogP contribution in [0.5, 0.6) is 0 Å². The molecule has 0 aliphatic rings. The molecular formula is C16H27NO. The molecule has 1 atom stereocenters. The molecule has 0 saturated heterocycles. The van der Waals surface area contributed by atoms with Gasteiger partial charge in [-0.1, -0.05) is 43.7 Å². The lowest BCUT2D eigenvalue weighted by molar-refractivity contribution is 0.148. The summed E-state index contributed by atoms with van der Waals surface area (Å²) in [5.41, 5.74) is 2.26. The van der Waals surface area contributed by atoms with Crippen LogP contribution >= 0.6 is 0 Å². The molecule has 0 heterocycles. The second kappa shape index (κ2) is 7.55. The van der Waals surface area contributed by atoms with Crippen molar-refractivity contribution in [2.24, 2.45) is 5.92 Å². The van der Waals surface area contributed by atoms with Gasteiger partial charge < -0.3 is 10.0 Å². The Balaban J connectivity index is 2.32. The van der Waals surface area contributed by atoms with Gasteiger partial charge in [0, 0.05) is 6.54 Å². The minimum Gasteiger partial charge on any atom is -0.388 e. The molecule has 0 bridgehead atoms. The molecule has 0 spiro atoms. The summed E-state index contributed by atoms with van der Waals surface area (Å²) in [5.74, 6) is 0.745. The van der Waals surface area contributed by atoms with Crippen molar-refractivity contribution in [3.63, 3.8) is 0 Å². The molecule has 18 heavy (non-hydrogen) atoms. The molecule has 0 radical (unpaired) electrons. The summed E-state index contributed by atoms with van der Waals surface area (Å²) in [5, 5.41) is 10.1. The molecule has 0 saturated carbocycles. The summed E-state index contributed by atoms with van der Waals surface area (Å²) in [6.45, 7) is 8.61. The smallest absolute Gasteiger partial charge is 0.0802 e. The van der Waals surface area contributed by atoms with E-state index in [1.165, 1.54) is 12.0 Å². The molecule has 1 aromatic carbocycles. The van der Waals surface area contributed by atoms with Crippen molar-refractivity contribution in [1.82, 2.24) is 4.90 Å². The highest BCUT2D eigenvalue weighted by atomic mass is 16.3. The van der Waals surface area contributed by atoms with Crippen LogP contribution in [0.2, 0.25) is 0 Å². The molecule has 0 fully saturated rings. The second-order valence-corrected chi connectivity index (χ2v) is 5.70. The van der Waals surface area contributed by atoms with Crippen LogP contribution in [0, 0.1) is 12.8 Å². The van der Waals surface area contributed by atoms with Crippen molar-refractivity contribution in [1.29, 1.82) is 0 Å². The summed E-state index contributed by atoms with van der Waals surface area (Å²) in [7, 11) is 2.13. The van der Waals surface area contributed by atoms with Crippen molar-refractivity contribution < 1.29 is 5.11 Å². The first-order chi connectivity index (χ1) is 8.49. The number of aryl methyl sites for hydroxylation is 1. The molecule has 1 aromatic rings. The van der Waals surface area contributed by atoms with Gasteiger partial charge in [0.25, 0.3) is 0 Å². The molecule has 1 unspecified atom stereocenters. The Hall–Kier alpha value is -0.860. The summed E-state index contributed by atoms with van der Waals surface area (Å²) in [4.78, 5) is 2.30. The minimum absolute atomic E-state index is 0.341. The van der Waals surface area contributed by atoms with Crippen LogP contribution in [0.15, 0.2) is 24.3 Å². The highest BCUT2D eigenvalue weighted by molar-refractivity contribution is 5.22. The molecule has 0 aliphatic heterocycles. The van der Waals surface area contributed by atoms with Crippen LogP contribution in [0.3, 0.4) is 0 Å². The third-order valence-electron chi connectivity index (χ3n) is 3.33. The van der Waals surface area contributed by atoms with Gasteiger partial charge >= 0.3 is 0 Å². The van der Waals surface area contributed by atoms with Crippen molar-refractivity contribution in [3.05, 3.63) is 35.4 Å². The minimum atomic E-state index is -0.341. The van der Waals surface area contributed by atoms with Gasteiger partial charge in [-0.05, 0) is 44.8 Å². The predicted octanol–water partition coefficient (Wildman–Crippen LogP) is 3.40. The first-order valence-electron chi connectivity index (χ1n) is 6.92. The van der Waals surface area contributed by atoms with Crippen molar-refractivity contribution >= 4 is 0 Å². The zero-order valence-corrected chi connectivity index (χ0v) is 12.2. The lowest BCUT2D eigenvalue weighted by Gasteiger charge is -2.20. The van der Waals surface area contributed by atoms with E-state index in [4.69, 9.17) is 0 Å². The summed E-state index contributed by atoms with van der Waals surface area (Å²) >= 11 is 0. The fourth-order valence-electron chi connectivity index (χ4n) is 1.89. The average molecular weight is 249 g/mol. The van der Waals surface area contributed by atoms with Crippen LogP contribution in [-0.4, -0.2) is 30.1 Å². The number of aliphatic hydroxyl groups excluding tert-OH is 1. The van der Waals surface area contributed by atoms with Gasteiger partial charge in [-0.25, -0.2) is 0 Å². The zero-order chi connectivity index (χ0) is 13.5. The van der Waals surface area contributed by atoms with E-state index < -0.39 is 0 Å². The molecular weight excluding hydrogens is 222 g/mol. The number of aliphatic hydroxyl groups is 1. The number of hydrogen-bond donors (Lipinski definition) is 1. The Kier molecular flexibility index (Phi) is 6.37. The van der Waals surface area contributed by atoms with E-state index >= 15 is 0 Å². The van der Waals surface area contributed by atoms with E-state index in [2.05, 4.69) is 44.9 Å². The van der Waals surface area contributed by atoms with Gasteiger partial charge in [0.2, 0.25) is 0 Å². The van der Waals surface area contributed by atoms with Crippen molar-refractivity contribution in [2.45, 2.75) is 39.7 Å². The lowest BCUT2D eigenvalue weighted by atomic mass is 10.0. The quantitative estimate of drug-likeness (QED) is 0.800. The van der Waals surface area contributed by atoms with Gasteiger partial charge in [-0.3, -0.25) is 0 Å². The maximum absolute atomic E-state index is 10.1. The van der Waals surface area contributed by atoms with Crippen LogP contribution in [0.1, 0.15) is 43.9 Å². The van der Waals surface area contributed by atoms with Gasteiger partial charge in [0.15, 0.2) is 0 Å². The lowest BCUT2D eigenvalue weighted by Crippen LogP contribution is -2.23. The Morgan fingerprint density at radius 2 is 1.61 bits per heavy atom. The monoisotopic (exact) mass is 249 g/mol. The maximum atomic E-state index is 10.1. The fraction of sp³-hybridized carbons (Fsp3) is 0.625. The number of rotatable bonds is 7. The SMILES string of the molecule is Cc1ccc(C(O)CCN(C)CCC(C)C)cc1. The number of benzene rings is 1. The van der Waals surface area contributed by atoms with Gasteiger partial charge in [-0.15, -0.1) is 0 Å². The maximum Gasteiger partial charge on any atom is 0.0802 e. The molecule has 0 aromatic heterocycles. The normalized spacial score (nSPS) is 13.3. The largest absolute Gasteiger partial charge is 0.388 e. The van der Waals surface area contributed by atoms with E-state index in [0.717, 1.165) is 31.0 Å². The van der Waals surface area contributed by atoms with Crippen molar-refractivity contribution in [3.8, 4) is 0 Å². The summed E-state index contributed by atoms with van der Waals surface area (Å²) in [6, 6.07) is 8.16. The van der Waals surface area contributed by atoms with Crippen LogP contribution in [0.4, 0.5) is 0 Å². The molecule has 2 heteroatoms. The summed E-state index contributed by atoms with van der Waals surface area (Å²) < 4.78 is 0. The van der Waals surface area contributed by atoms with Gasteiger partial charge in [0.05, 0.1) is 6.10 Å².